The first kappa shape index (κ1) is 6.60. The van der Waals surface area contributed by atoms with Crippen LogP contribution in [0, 0.1) is 17.8 Å². The van der Waals surface area contributed by atoms with Crippen LogP contribution in [-0.2, 0) is 0 Å². The van der Waals surface area contributed by atoms with Crippen molar-refractivity contribution in [2.75, 3.05) is 7.05 Å². The lowest BCUT2D eigenvalue weighted by Gasteiger charge is -2.07. The first-order valence-electron chi connectivity index (χ1n) is 3.26. The van der Waals surface area contributed by atoms with Crippen LogP contribution in [0.4, 0.5) is 0 Å². The van der Waals surface area contributed by atoms with Gasteiger partial charge in [0.25, 0.3) is 0 Å². The minimum Gasteiger partial charge on any atom is -0.260 e. The Morgan fingerprint density at radius 3 is 2.67 bits per heavy atom. The number of nitrogens with one attached hydrogen (secondary N) is 2. The fourth-order valence-corrected chi connectivity index (χ4v) is 0.983. The number of hydrogen-bond acceptors (Lipinski definition) is 2. The van der Waals surface area contributed by atoms with Crippen LogP contribution in [-0.4, -0.2) is 13.1 Å². The van der Waals surface area contributed by atoms with Gasteiger partial charge in [0.05, 0.1) is 6.04 Å². The van der Waals surface area contributed by atoms with Gasteiger partial charge < -0.3 is 0 Å². The van der Waals surface area contributed by atoms with E-state index in [1.165, 1.54) is 0 Å². The summed E-state index contributed by atoms with van der Waals surface area (Å²) in [4.78, 5) is 0. The Hall–Kier alpha value is -0.520. The van der Waals surface area contributed by atoms with Crippen molar-refractivity contribution in [3.05, 3.63) is 0 Å². The summed E-state index contributed by atoms with van der Waals surface area (Å²) in [5.41, 5.74) is 5.93. The van der Waals surface area contributed by atoms with Gasteiger partial charge in [-0.15, -0.1) is 0 Å². The summed E-state index contributed by atoms with van der Waals surface area (Å²) in [7, 11) is 1.87. The number of hydrazine groups is 1. The summed E-state index contributed by atoms with van der Waals surface area (Å²) in [6.45, 7) is 2.14. The summed E-state index contributed by atoms with van der Waals surface area (Å²) >= 11 is 0. The van der Waals surface area contributed by atoms with Crippen LogP contribution in [0.15, 0.2) is 0 Å². The summed E-state index contributed by atoms with van der Waals surface area (Å²) in [5.74, 6) is 6.75. The zero-order chi connectivity index (χ0) is 6.69. The molecule has 0 aromatic heterocycles. The van der Waals surface area contributed by atoms with Gasteiger partial charge in [0.1, 0.15) is 0 Å². The Labute approximate surface area is 56.0 Å². The maximum Gasteiger partial charge on any atom is 0.0831 e. The van der Waals surface area contributed by atoms with Crippen molar-refractivity contribution in [2.24, 2.45) is 5.92 Å². The second-order valence-electron chi connectivity index (χ2n) is 2.37. The molecule has 0 bridgehead atoms. The normalized spacial score (nSPS) is 31.8. The molecule has 2 N–H and O–H groups in total. The second kappa shape index (κ2) is 2.86. The molecule has 0 saturated carbocycles. The van der Waals surface area contributed by atoms with Crippen molar-refractivity contribution in [1.82, 2.24) is 10.9 Å². The van der Waals surface area contributed by atoms with Gasteiger partial charge in [-0.2, -0.15) is 0 Å². The van der Waals surface area contributed by atoms with Gasteiger partial charge in [-0.05, 0) is 13.5 Å². The van der Waals surface area contributed by atoms with Crippen molar-refractivity contribution >= 4 is 0 Å². The lowest BCUT2D eigenvalue weighted by atomic mass is 10.1. The smallest absolute Gasteiger partial charge is 0.0831 e. The van der Waals surface area contributed by atoms with E-state index in [1.807, 2.05) is 7.05 Å². The van der Waals surface area contributed by atoms with Gasteiger partial charge in [0.2, 0.25) is 0 Å². The minimum atomic E-state index is 0.366. The van der Waals surface area contributed by atoms with Crippen LogP contribution in [0.3, 0.4) is 0 Å². The highest BCUT2D eigenvalue weighted by molar-refractivity contribution is 5.17. The zero-order valence-corrected chi connectivity index (χ0v) is 5.86. The van der Waals surface area contributed by atoms with Gasteiger partial charge >= 0.3 is 0 Å². The molecule has 2 nitrogen and oxygen atoms in total. The van der Waals surface area contributed by atoms with E-state index in [-0.39, 0.29) is 0 Å². The van der Waals surface area contributed by atoms with Crippen LogP contribution < -0.4 is 10.9 Å². The Kier molecular flexibility index (Phi) is 2.10. The Bertz CT molecular complexity index is 143. The molecule has 2 heteroatoms. The third-order valence-electron chi connectivity index (χ3n) is 1.41. The monoisotopic (exact) mass is 124 g/mol. The highest BCUT2D eigenvalue weighted by atomic mass is 15.3. The molecule has 0 aliphatic heterocycles. The predicted molar refractivity (Wildman–Crippen MR) is 37.5 cm³/mol. The zero-order valence-electron chi connectivity index (χ0n) is 5.86. The molecule has 0 amide bonds. The lowest BCUT2D eigenvalue weighted by Crippen LogP contribution is -2.36. The van der Waals surface area contributed by atoms with Gasteiger partial charge in [-0.25, -0.2) is 5.43 Å². The Morgan fingerprint density at radius 1 is 1.44 bits per heavy atom. The van der Waals surface area contributed by atoms with Gasteiger partial charge in [-0.1, -0.05) is 18.8 Å². The standard InChI is InChI=1S/C7H12N2/c1-6-3-4-7(5-6)9-8-2/h6-9H,5H2,1-2H3. The predicted octanol–water partition coefficient (Wildman–Crippen LogP) is 0.122. The van der Waals surface area contributed by atoms with Crippen LogP contribution in [0.5, 0.6) is 0 Å². The fourth-order valence-electron chi connectivity index (χ4n) is 0.983. The molecule has 1 aliphatic carbocycles. The lowest BCUT2D eigenvalue weighted by molar-refractivity contribution is 0.490. The molecule has 50 valence electrons. The molecular weight excluding hydrogens is 112 g/mol. The molecule has 0 heterocycles. The van der Waals surface area contributed by atoms with Crippen LogP contribution >= 0.6 is 0 Å². The Morgan fingerprint density at radius 2 is 2.22 bits per heavy atom. The maximum atomic E-state index is 3.10. The number of rotatable bonds is 2. The SMILES string of the molecule is CNNC1C#CC(C)C1. The van der Waals surface area contributed by atoms with Crippen molar-refractivity contribution in [1.29, 1.82) is 0 Å². The molecular formula is C7H12N2. The highest BCUT2D eigenvalue weighted by Gasteiger charge is 2.12. The average molecular weight is 124 g/mol. The van der Waals surface area contributed by atoms with Crippen molar-refractivity contribution < 1.29 is 0 Å². The largest absolute Gasteiger partial charge is 0.260 e. The molecule has 0 fully saturated rings. The van der Waals surface area contributed by atoms with E-state index in [9.17, 15) is 0 Å². The molecule has 0 aromatic carbocycles. The second-order valence-corrected chi connectivity index (χ2v) is 2.37. The molecule has 2 unspecified atom stereocenters. The minimum absolute atomic E-state index is 0.366. The van der Waals surface area contributed by atoms with E-state index in [0.29, 0.717) is 12.0 Å². The van der Waals surface area contributed by atoms with Crippen molar-refractivity contribution in [2.45, 2.75) is 19.4 Å². The summed E-state index contributed by atoms with van der Waals surface area (Å²) in [6, 6.07) is 0.366. The van der Waals surface area contributed by atoms with Crippen molar-refractivity contribution in [3.8, 4) is 11.8 Å². The molecule has 1 aliphatic rings. The molecule has 0 saturated heterocycles. The van der Waals surface area contributed by atoms with Gasteiger partial charge in [0, 0.05) is 5.92 Å². The summed E-state index contributed by atoms with van der Waals surface area (Å²) in [6.07, 6.45) is 1.11. The first-order chi connectivity index (χ1) is 4.33. The Balaban J connectivity index is 2.27. The number of hydrogen-bond donors (Lipinski definition) is 2. The highest BCUT2D eigenvalue weighted by Crippen LogP contribution is 2.09. The molecule has 0 radical (unpaired) electrons. The third kappa shape index (κ3) is 1.70. The van der Waals surface area contributed by atoms with E-state index in [4.69, 9.17) is 0 Å². The van der Waals surface area contributed by atoms with Crippen LogP contribution in [0.25, 0.3) is 0 Å². The topological polar surface area (TPSA) is 24.1 Å². The van der Waals surface area contributed by atoms with E-state index in [2.05, 4.69) is 29.6 Å². The molecule has 9 heavy (non-hydrogen) atoms. The van der Waals surface area contributed by atoms with Crippen LogP contribution in [0.1, 0.15) is 13.3 Å². The molecule has 1 rings (SSSR count). The maximum absolute atomic E-state index is 3.10. The van der Waals surface area contributed by atoms with E-state index >= 15 is 0 Å². The molecule has 0 spiro atoms. The van der Waals surface area contributed by atoms with E-state index < -0.39 is 0 Å². The molecule has 2 atom stereocenters. The average Bonchev–Trinajstić information content (AvgIpc) is 2.17. The van der Waals surface area contributed by atoms with Crippen LogP contribution in [0.2, 0.25) is 0 Å². The summed E-state index contributed by atoms with van der Waals surface area (Å²) in [5, 5.41) is 0. The van der Waals surface area contributed by atoms with E-state index in [1.54, 1.807) is 0 Å². The first-order valence-corrected chi connectivity index (χ1v) is 3.26. The van der Waals surface area contributed by atoms with Gasteiger partial charge in [0.15, 0.2) is 0 Å². The third-order valence-corrected chi connectivity index (χ3v) is 1.41. The molecule has 0 aromatic rings. The van der Waals surface area contributed by atoms with Crippen molar-refractivity contribution in [3.63, 3.8) is 0 Å². The quantitative estimate of drug-likeness (QED) is 0.403. The van der Waals surface area contributed by atoms with E-state index in [0.717, 1.165) is 6.42 Å². The van der Waals surface area contributed by atoms with Gasteiger partial charge in [-0.3, -0.25) is 5.43 Å². The fraction of sp³-hybridized carbons (Fsp3) is 0.714. The summed E-state index contributed by atoms with van der Waals surface area (Å²) < 4.78 is 0.